The van der Waals surface area contributed by atoms with E-state index < -0.39 is 5.41 Å². The second kappa shape index (κ2) is 13.0. The predicted octanol–water partition coefficient (Wildman–Crippen LogP) is 15.5. The molecule has 0 unspecified atom stereocenters. The van der Waals surface area contributed by atoms with Gasteiger partial charge in [0.1, 0.15) is 0 Å². The molecule has 7 aromatic carbocycles. The first kappa shape index (κ1) is 44.2. The van der Waals surface area contributed by atoms with Crippen molar-refractivity contribution in [2.24, 2.45) is 0 Å². The van der Waals surface area contributed by atoms with Crippen LogP contribution in [0.15, 0.2) is 103 Å². The maximum atomic E-state index is 2.80. The van der Waals surface area contributed by atoms with Gasteiger partial charge < -0.3 is 9.13 Å². The van der Waals surface area contributed by atoms with Gasteiger partial charge in [-0.2, -0.15) is 0 Å². The van der Waals surface area contributed by atoms with Crippen molar-refractivity contribution in [1.82, 2.24) is 9.13 Å². The van der Waals surface area contributed by atoms with Crippen LogP contribution in [-0.4, -0.2) is 15.8 Å². The van der Waals surface area contributed by atoms with Gasteiger partial charge >= 0.3 is 0 Å². The molecule has 3 heteroatoms. The zero-order valence-corrected chi connectivity index (χ0v) is 45.3. The van der Waals surface area contributed by atoms with Crippen molar-refractivity contribution in [3.8, 4) is 22.5 Å². The molecule has 3 aliphatic heterocycles. The van der Waals surface area contributed by atoms with Crippen molar-refractivity contribution in [2.45, 2.75) is 163 Å². The van der Waals surface area contributed by atoms with Crippen LogP contribution in [-0.2, 0) is 37.9 Å². The fourth-order valence-corrected chi connectivity index (χ4v) is 13.7. The summed E-state index contributed by atoms with van der Waals surface area (Å²) < 4.78 is 5.50. The average Bonchev–Trinajstić information content (AvgIpc) is 3.88. The van der Waals surface area contributed by atoms with E-state index in [0.717, 1.165) is 0 Å². The van der Waals surface area contributed by atoms with Gasteiger partial charge in [0.15, 0.2) is 0 Å². The molecule has 5 heterocycles. The zero-order valence-electron chi connectivity index (χ0n) is 45.3. The lowest BCUT2D eigenvalue weighted by Gasteiger charge is -2.44. The second-order valence-corrected chi connectivity index (χ2v) is 28.3. The van der Waals surface area contributed by atoms with Gasteiger partial charge in [0.2, 0.25) is 0 Å². The van der Waals surface area contributed by atoms with Crippen molar-refractivity contribution >= 4 is 66.7 Å². The van der Waals surface area contributed by atoms with Crippen LogP contribution in [0.5, 0.6) is 0 Å². The minimum Gasteiger partial charge on any atom is -0.310 e. The summed E-state index contributed by atoms with van der Waals surface area (Å²) in [5.74, 6) is 0. The molecule has 0 fully saturated rings. The summed E-state index contributed by atoms with van der Waals surface area (Å²) in [6.07, 6.45) is 0. The highest BCUT2D eigenvalue weighted by Crippen LogP contribution is 2.63. The van der Waals surface area contributed by atoms with Gasteiger partial charge in [-0.25, -0.2) is 0 Å². The Hall–Kier alpha value is -5.80. The molecule has 1 spiro atoms. The quantitative estimate of drug-likeness (QED) is 0.134. The number of rotatable bonds is 0. The van der Waals surface area contributed by atoms with Crippen LogP contribution < -0.4 is 16.4 Å². The Bertz CT molecular complexity index is 3810. The Kier molecular flexibility index (Phi) is 8.20. The third-order valence-corrected chi connectivity index (χ3v) is 17.6. The minimum atomic E-state index is -0.563. The van der Waals surface area contributed by atoms with Gasteiger partial charge in [-0.1, -0.05) is 197 Å². The minimum absolute atomic E-state index is 0.00401. The molecule has 70 heavy (non-hydrogen) atoms. The average molecular weight is 915 g/mol. The summed E-state index contributed by atoms with van der Waals surface area (Å²) in [4.78, 5) is 0. The van der Waals surface area contributed by atoms with Crippen LogP contribution in [0.1, 0.15) is 180 Å². The molecule has 1 aliphatic carbocycles. The van der Waals surface area contributed by atoms with E-state index in [1.807, 2.05) is 0 Å². The van der Waals surface area contributed by atoms with Gasteiger partial charge in [0.25, 0.3) is 6.71 Å². The summed E-state index contributed by atoms with van der Waals surface area (Å²) in [5.41, 5.74) is 28.5. The first-order valence-corrected chi connectivity index (χ1v) is 26.3. The lowest BCUT2D eigenvalue weighted by Crippen LogP contribution is -2.60. The third kappa shape index (κ3) is 5.43. The zero-order chi connectivity index (χ0) is 49.7. The van der Waals surface area contributed by atoms with Crippen molar-refractivity contribution < 1.29 is 0 Å². The number of fused-ring (bicyclic) bond motifs is 14. The van der Waals surface area contributed by atoms with Crippen LogP contribution in [0.4, 0.5) is 0 Å². The van der Waals surface area contributed by atoms with E-state index in [1.54, 1.807) is 0 Å². The largest absolute Gasteiger partial charge is 0.310 e. The maximum absolute atomic E-state index is 2.80. The summed E-state index contributed by atoms with van der Waals surface area (Å²) in [7, 11) is 0. The third-order valence-electron chi connectivity index (χ3n) is 17.6. The molecule has 352 valence electrons. The van der Waals surface area contributed by atoms with Crippen molar-refractivity contribution in [3.63, 3.8) is 0 Å². The molecule has 0 amide bonds. The molecular weight excluding hydrogens is 844 g/mol. The standard InChI is InChI=1S/C67H71BN2/c1-61(2,3)36-19-22-46-41(29-36)42-30-37(62(4,5)6)20-23-47(42)67(46)49-25-28-54-56-59(49)70-57-43(32-39(34-50(57)67)64(10,11)12)44-33-40(65(13,14)15)35-52(58(44)70)68(56)51-26-24-48(66(16,17)18)55-45-31-38(63(7,8)9)21-27-53(45)69(54)60(51)55/h19-35H,1-18H3. The van der Waals surface area contributed by atoms with E-state index in [4.69, 9.17) is 0 Å². The highest BCUT2D eigenvalue weighted by Gasteiger charge is 2.55. The van der Waals surface area contributed by atoms with Gasteiger partial charge in [-0.05, 0) is 146 Å². The Morgan fingerprint density at radius 1 is 0.371 bits per heavy atom. The fraction of sp³-hybridized carbons (Fsp3) is 0.373. The molecule has 4 aliphatic rings. The van der Waals surface area contributed by atoms with E-state index in [1.165, 1.54) is 138 Å². The Balaban J connectivity index is 1.29. The molecule has 0 radical (unpaired) electrons. The molecule has 0 saturated heterocycles. The van der Waals surface area contributed by atoms with Gasteiger partial charge in [-0.3, -0.25) is 0 Å². The summed E-state index contributed by atoms with van der Waals surface area (Å²) in [6.45, 7) is 43.0. The van der Waals surface area contributed by atoms with Crippen molar-refractivity contribution in [3.05, 3.63) is 159 Å². The summed E-state index contributed by atoms with van der Waals surface area (Å²) >= 11 is 0. The molecule has 0 bridgehead atoms. The molecule has 0 N–H and O–H groups in total. The molecule has 0 saturated carbocycles. The number of benzene rings is 7. The SMILES string of the molecule is CC(C)(C)c1ccc2c(c1)-c1cc(C(C)(C)C)ccc1C21c2ccc3c4c2-n2c5c(cc(C(C)(C)C)cc5c5cc(C(C)(C)C)cc1c52)B4c1ccc(C(C)(C)C)c2c4cc(C(C)(C)C)ccc4n-3c12. The molecule has 13 rings (SSSR count). The number of hydrogen-bond donors (Lipinski definition) is 0. The first-order valence-electron chi connectivity index (χ1n) is 26.3. The smallest absolute Gasteiger partial charge is 0.252 e. The van der Waals surface area contributed by atoms with E-state index in [0.29, 0.717) is 0 Å². The normalized spacial score (nSPS) is 15.7. The molecule has 0 atom stereocenters. The molecule has 9 aromatic rings. The van der Waals surface area contributed by atoms with Gasteiger partial charge in [-0.15, -0.1) is 0 Å². The fourth-order valence-electron chi connectivity index (χ4n) is 13.7. The molecule has 2 nitrogen and oxygen atoms in total. The summed E-state index contributed by atoms with van der Waals surface area (Å²) in [5, 5.41) is 5.55. The predicted molar refractivity (Wildman–Crippen MR) is 303 cm³/mol. The summed E-state index contributed by atoms with van der Waals surface area (Å²) in [6, 6.07) is 43.3. The van der Waals surface area contributed by atoms with Crippen molar-refractivity contribution in [1.29, 1.82) is 0 Å². The second-order valence-electron chi connectivity index (χ2n) is 28.3. The highest BCUT2D eigenvalue weighted by molar-refractivity contribution is 7.00. The van der Waals surface area contributed by atoms with Crippen molar-refractivity contribution in [2.75, 3.05) is 0 Å². The Morgan fingerprint density at radius 2 is 0.871 bits per heavy atom. The topological polar surface area (TPSA) is 9.86 Å². The van der Waals surface area contributed by atoms with E-state index in [9.17, 15) is 0 Å². The Morgan fingerprint density at radius 3 is 1.43 bits per heavy atom. The van der Waals surface area contributed by atoms with Crippen LogP contribution >= 0.6 is 0 Å². The lowest BCUT2D eigenvalue weighted by atomic mass is 9.33. The molecular formula is C67H71BN2. The van der Waals surface area contributed by atoms with E-state index >= 15 is 0 Å². The van der Waals surface area contributed by atoms with Gasteiger partial charge in [0.05, 0.1) is 16.4 Å². The number of aromatic nitrogens is 2. The first-order chi connectivity index (χ1) is 32.5. The van der Waals surface area contributed by atoms with Crippen LogP contribution in [0.3, 0.4) is 0 Å². The van der Waals surface area contributed by atoms with Crippen LogP contribution in [0, 0.1) is 0 Å². The Labute approximate surface area is 417 Å². The molecule has 2 aromatic heterocycles. The monoisotopic (exact) mass is 915 g/mol. The van der Waals surface area contributed by atoms with Crippen LogP contribution in [0.2, 0.25) is 0 Å². The van der Waals surface area contributed by atoms with E-state index in [-0.39, 0.29) is 39.2 Å². The van der Waals surface area contributed by atoms with Gasteiger partial charge in [0, 0.05) is 44.0 Å². The maximum Gasteiger partial charge on any atom is 0.252 e. The van der Waals surface area contributed by atoms with Crippen LogP contribution in [0.25, 0.3) is 66.1 Å². The lowest BCUT2D eigenvalue weighted by molar-refractivity contribution is 0.587. The number of hydrogen-bond acceptors (Lipinski definition) is 0. The highest BCUT2D eigenvalue weighted by atomic mass is 15.1. The number of nitrogens with zero attached hydrogens (tertiary/aromatic N) is 2. The van der Waals surface area contributed by atoms with E-state index in [2.05, 4.69) is 237 Å².